The Bertz CT molecular complexity index is 1180. The molecule has 0 saturated carbocycles. The number of aromatic nitrogens is 2. The zero-order valence-corrected chi connectivity index (χ0v) is 18.6. The molecule has 0 amide bonds. The third-order valence-electron chi connectivity index (χ3n) is 3.94. The number of nitrogens with one attached hydrogen (secondary N) is 3. The predicted octanol–water partition coefficient (Wildman–Crippen LogP) is 4.43. The SMILES string of the molecule is CNS(=O)(=O)c1ccc(SC)c(Nc2cc(Nc3cc(F)c(F)c(F)c3)ncn2)c1.Cl. The number of hydrogen-bond acceptors (Lipinski definition) is 7. The molecule has 3 N–H and O–H groups in total. The van der Waals surface area contributed by atoms with Gasteiger partial charge >= 0.3 is 0 Å². The van der Waals surface area contributed by atoms with E-state index in [1.165, 1.54) is 43.3 Å². The van der Waals surface area contributed by atoms with Gasteiger partial charge in [0, 0.05) is 28.8 Å². The van der Waals surface area contributed by atoms with Crippen LogP contribution in [0.15, 0.2) is 52.5 Å². The molecule has 0 spiro atoms. The lowest BCUT2D eigenvalue weighted by Crippen LogP contribution is -2.18. The van der Waals surface area contributed by atoms with Crippen LogP contribution in [0.2, 0.25) is 0 Å². The lowest BCUT2D eigenvalue weighted by Gasteiger charge is -2.13. The van der Waals surface area contributed by atoms with Crippen LogP contribution in [0.5, 0.6) is 0 Å². The molecular weight excluding hydrogens is 475 g/mol. The Labute approximate surface area is 187 Å². The average molecular weight is 492 g/mol. The minimum absolute atomic E-state index is 0. The maximum atomic E-state index is 13.4. The van der Waals surface area contributed by atoms with Crippen molar-refractivity contribution in [2.24, 2.45) is 0 Å². The van der Waals surface area contributed by atoms with E-state index in [4.69, 9.17) is 0 Å². The van der Waals surface area contributed by atoms with Gasteiger partial charge in [-0.3, -0.25) is 0 Å². The minimum Gasteiger partial charge on any atom is -0.340 e. The van der Waals surface area contributed by atoms with Gasteiger partial charge < -0.3 is 10.6 Å². The van der Waals surface area contributed by atoms with Crippen LogP contribution in [0.25, 0.3) is 0 Å². The summed E-state index contributed by atoms with van der Waals surface area (Å²) < 4.78 is 66.3. The number of nitrogens with zero attached hydrogens (tertiary/aromatic N) is 2. The van der Waals surface area contributed by atoms with Crippen molar-refractivity contribution < 1.29 is 21.6 Å². The highest BCUT2D eigenvalue weighted by Crippen LogP contribution is 2.31. The van der Waals surface area contributed by atoms with Crippen molar-refractivity contribution in [1.29, 1.82) is 0 Å². The van der Waals surface area contributed by atoms with E-state index in [1.807, 2.05) is 6.26 Å². The second-order valence-electron chi connectivity index (χ2n) is 5.86. The Morgan fingerprint density at radius 1 is 0.935 bits per heavy atom. The van der Waals surface area contributed by atoms with Gasteiger partial charge in [-0.15, -0.1) is 24.2 Å². The van der Waals surface area contributed by atoms with Crippen molar-refractivity contribution in [3.8, 4) is 0 Å². The lowest BCUT2D eigenvalue weighted by molar-refractivity contribution is 0.448. The summed E-state index contributed by atoms with van der Waals surface area (Å²) in [7, 11) is -2.33. The van der Waals surface area contributed by atoms with Gasteiger partial charge in [0.1, 0.15) is 18.0 Å². The zero-order chi connectivity index (χ0) is 21.9. The number of sulfonamides is 1. The van der Waals surface area contributed by atoms with Crippen molar-refractivity contribution in [3.05, 3.63) is 60.2 Å². The highest BCUT2D eigenvalue weighted by atomic mass is 35.5. The van der Waals surface area contributed by atoms with Gasteiger partial charge in [-0.2, -0.15) is 0 Å². The van der Waals surface area contributed by atoms with E-state index in [-0.39, 0.29) is 28.8 Å². The molecular formula is C18H17ClF3N5O2S2. The van der Waals surface area contributed by atoms with E-state index in [0.717, 1.165) is 17.0 Å². The van der Waals surface area contributed by atoms with Crippen LogP contribution >= 0.6 is 24.2 Å². The molecule has 0 atom stereocenters. The largest absolute Gasteiger partial charge is 0.340 e. The van der Waals surface area contributed by atoms with E-state index in [2.05, 4.69) is 25.3 Å². The van der Waals surface area contributed by atoms with Gasteiger partial charge in [-0.05, 0) is 31.5 Å². The zero-order valence-electron chi connectivity index (χ0n) is 16.1. The first kappa shape index (κ1) is 24.7. The molecule has 0 bridgehead atoms. The smallest absolute Gasteiger partial charge is 0.240 e. The number of halogens is 4. The summed E-state index contributed by atoms with van der Waals surface area (Å²) in [4.78, 5) is 8.86. The third-order valence-corrected chi connectivity index (χ3v) is 6.14. The molecule has 0 aliphatic rings. The van der Waals surface area contributed by atoms with Gasteiger partial charge in [0.2, 0.25) is 10.0 Å². The maximum Gasteiger partial charge on any atom is 0.240 e. The van der Waals surface area contributed by atoms with E-state index in [1.54, 1.807) is 6.07 Å². The average Bonchev–Trinajstić information content (AvgIpc) is 2.72. The van der Waals surface area contributed by atoms with Gasteiger partial charge in [0.25, 0.3) is 0 Å². The topological polar surface area (TPSA) is 96.0 Å². The molecule has 0 aliphatic heterocycles. The molecule has 3 aromatic rings. The first-order chi connectivity index (χ1) is 14.2. The van der Waals surface area contributed by atoms with Crippen molar-refractivity contribution in [2.75, 3.05) is 23.9 Å². The van der Waals surface area contributed by atoms with Crippen molar-refractivity contribution >= 4 is 57.2 Å². The Kier molecular flexibility index (Phi) is 8.12. The highest BCUT2D eigenvalue weighted by Gasteiger charge is 2.15. The highest BCUT2D eigenvalue weighted by molar-refractivity contribution is 7.98. The standard InChI is InChI=1S/C18H16F3N5O2S2.ClH/c1-22-30(27,28)11-3-4-15(29-2)14(7-11)26-17-8-16(23-9-24-17)25-10-5-12(19)18(21)13(20)6-10;/h3-9,22H,1-2H3,(H2,23,24,25,26);1H. The van der Waals surface area contributed by atoms with Crippen LogP contribution in [-0.2, 0) is 10.0 Å². The summed E-state index contributed by atoms with van der Waals surface area (Å²) in [5.41, 5.74) is 0.449. The van der Waals surface area contributed by atoms with Gasteiger partial charge in [0.15, 0.2) is 17.5 Å². The lowest BCUT2D eigenvalue weighted by atomic mass is 10.3. The fourth-order valence-corrected chi connectivity index (χ4v) is 3.77. The van der Waals surface area contributed by atoms with Crippen LogP contribution in [0.4, 0.5) is 36.2 Å². The molecule has 0 fully saturated rings. The number of hydrogen-bond donors (Lipinski definition) is 3. The molecule has 3 rings (SSSR count). The van der Waals surface area contributed by atoms with Gasteiger partial charge in [0.05, 0.1) is 10.6 Å². The molecule has 31 heavy (non-hydrogen) atoms. The van der Waals surface area contributed by atoms with E-state index in [0.29, 0.717) is 11.5 Å². The van der Waals surface area contributed by atoms with Gasteiger partial charge in [-0.1, -0.05) is 0 Å². The van der Waals surface area contributed by atoms with Crippen LogP contribution in [0.1, 0.15) is 0 Å². The molecule has 0 aliphatic carbocycles. The first-order valence-corrected chi connectivity index (χ1v) is 11.1. The monoisotopic (exact) mass is 491 g/mol. The second-order valence-corrected chi connectivity index (χ2v) is 8.60. The Balaban J connectivity index is 0.00000341. The summed E-state index contributed by atoms with van der Waals surface area (Å²) in [6.45, 7) is 0. The summed E-state index contributed by atoms with van der Waals surface area (Å²) in [6, 6.07) is 7.63. The number of benzene rings is 2. The summed E-state index contributed by atoms with van der Waals surface area (Å²) in [5, 5.41) is 5.67. The summed E-state index contributed by atoms with van der Waals surface area (Å²) >= 11 is 1.40. The molecule has 0 unspecified atom stereocenters. The second kappa shape index (κ2) is 10.2. The van der Waals surface area contributed by atoms with Crippen molar-refractivity contribution in [2.45, 2.75) is 9.79 Å². The number of rotatable bonds is 7. The predicted molar refractivity (Wildman–Crippen MR) is 117 cm³/mol. The quantitative estimate of drug-likeness (QED) is 0.332. The Hall–Kier alpha value is -2.54. The molecule has 2 aromatic carbocycles. The fraction of sp³-hybridized carbons (Fsp3) is 0.111. The van der Waals surface area contributed by atoms with Gasteiger partial charge in [-0.25, -0.2) is 36.3 Å². The number of anilines is 4. The Morgan fingerprint density at radius 3 is 2.13 bits per heavy atom. The molecule has 1 heterocycles. The van der Waals surface area contributed by atoms with Crippen LogP contribution in [0, 0.1) is 17.5 Å². The molecule has 0 saturated heterocycles. The van der Waals surface area contributed by atoms with Crippen LogP contribution in [0.3, 0.4) is 0 Å². The van der Waals surface area contributed by atoms with Crippen molar-refractivity contribution in [1.82, 2.24) is 14.7 Å². The molecule has 166 valence electrons. The van der Waals surface area contributed by atoms with Crippen LogP contribution < -0.4 is 15.4 Å². The summed E-state index contributed by atoms with van der Waals surface area (Å²) in [6.07, 6.45) is 3.03. The first-order valence-electron chi connectivity index (χ1n) is 8.35. The molecule has 13 heteroatoms. The third kappa shape index (κ3) is 5.79. The Morgan fingerprint density at radius 2 is 1.55 bits per heavy atom. The molecule has 0 radical (unpaired) electrons. The van der Waals surface area contributed by atoms with E-state index >= 15 is 0 Å². The molecule has 1 aromatic heterocycles. The number of thioether (sulfide) groups is 1. The maximum absolute atomic E-state index is 13.4. The fourth-order valence-electron chi connectivity index (χ4n) is 2.48. The molecule has 7 nitrogen and oxygen atoms in total. The van der Waals surface area contributed by atoms with Crippen molar-refractivity contribution in [3.63, 3.8) is 0 Å². The normalized spacial score (nSPS) is 11.0. The van der Waals surface area contributed by atoms with E-state index < -0.39 is 27.5 Å². The van der Waals surface area contributed by atoms with E-state index in [9.17, 15) is 21.6 Å². The minimum atomic E-state index is -3.64. The van der Waals surface area contributed by atoms with Crippen LogP contribution in [-0.4, -0.2) is 31.7 Å². The summed E-state index contributed by atoms with van der Waals surface area (Å²) in [5.74, 6) is -3.76.